The Balaban J connectivity index is 2.07. The Bertz CT molecular complexity index is 639. The Hall–Kier alpha value is -2.10. The first kappa shape index (κ1) is 14.8. The molecule has 0 bridgehead atoms. The quantitative estimate of drug-likeness (QED) is 0.858. The summed E-state index contributed by atoms with van der Waals surface area (Å²) < 4.78 is 11.1. The van der Waals surface area contributed by atoms with E-state index >= 15 is 0 Å². The second-order valence-electron chi connectivity index (χ2n) is 5.97. The van der Waals surface area contributed by atoms with Crippen molar-refractivity contribution in [2.24, 2.45) is 11.8 Å². The van der Waals surface area contributed by atoms with Crippen LogP contribution in [0, 0.1) is 11.8 Å². The highest BCUT2D eigenvalue weighted by atomic mass is 16.3. The van der Waals surface area contributed by atoms with E-state index in [-0.39, 0.29) is 35.2 Å². The smallest absolute Gasteiger partial charge is 0.137 e. The molecule has 0 saturated heterocycles. The number of furan rings is 2. The Morgan fingerprint density at radius 3 is 2.36 bits per heavy atom. The van der Waals surface area contributed by atoms with Gasteiger partial charge in [0.25, 0.3) is 0 Å². The summed E-state index contributed by atoms with van der Waals surface area (Å²) in [5.74, 6) is 0.797. The molecule has 0 aromatic carbocycles. The molecule has 1 aliphatic rings. The second-order valence-corrected chi connectivity index (χ2v) is 5.97. The zero-order valence-corrected chi connectivity index (χ0v) is 12.8. The molecule has 1 aliphatic carbocycles. The van der Waals surface area contributed by atoms with E-state index < -0.39 is 0 Å². The fraction of sp³-hybridized carbons (Fsp3) is 0.444. The van der Waals surface area contributed by atoms with Gasteiger partial charge in [0.2, 0.25) is 0 Å². The number of Topliss-reactive ketones (excluding diaryl/α,β-unsaturated/α-hetero) is 2. The molecule has 0 spiro atoms. The van der Waals surface area contributed by atoms with Crippen molar-refractivity contribution < 1.29 is 18.4 Å². The summed E-state index contributed by atoms with van der Waals surface area (Å²) in [5.41, 5.74) is 0. The van der Waals surface area contributed by atoms with Gasteiger partial charge in [-0.15, -0.1) is 0 Å². The molecule has 2 heterocycles. The molecular weight excluding hydrogens is 280 g/mol. The zero-order valence-electron chi connectivity index (χ0n) is 12.8. The van der Waals surface area contributed by atoms with E-state index in [1.165, 1.54) is 0 Å². The van der Waals surface area contributed by atoms with E-state index in [0.29, 0.717) is 24.4 Å². The van der Waals surface area contributed by atoms with Crippen LogP contribution in [0.3, 0.4) is 0 Å². The van der Waals surface area contributed by atoms with Gasteiger partial charge in [-0.3, -0.25) is 9.59 Å². The van der Waals surface area contributed by atoms with Crippen molar-refractivity contribution in [3.05, 3.63) is 48.3 Å². The first-order chi connectivity index (χ1) is 10.6. The molecule has 0 unspecified atom stereocenters. The average Bonchev–Trinajstić information content (AvgIpc) is 3.21. The zero-order chi connectivity index (χ0) is 15.7. The standard InChI is InChI=1S/C18H20O4/c1-3-13(19)18-12(15-6-4-8-21-15)10-14(20)11(2)17(18)16-7-5-9-22-16/h4-9,11-12,17-18H,3,10H2,1-2H3/t11-,12-,17-,18-/m0/s1. The summed E-state index contributed by atoms with van der Waals surface area (Å²) in [6.45, 7) is 3.76. The van der Waals surface area contributed by atoms with Gasteiger partial charge < -0.3 is 8.83 Å². The Kier molecular flexibility index (Phi) is 4.01. The van der Waals surface area contributed by atoms with Crippen molar-refractivity contribution in [3.63, 3.8) is 0 Å². The predicted molar refractivity (Wildman–Crippen MR) is 80.5 cm³/mol. The van der Waals surface area contributed by atoms with Crippen LogP contribution >= 0.6 is 0 Å². The first-order valence-corrected chi connectivity index (χ1v) is 7.75. The summed E-state index contributed by atoms with van der Waals surface area (Å²) in [5, 5.41) is 0. The van der Waals surface area contributed by atoms with Crippen LogP contribution in [0.1, 0.15) is 50.0 Å². The molecule has 22 heavy (non-hydrogen) atoms. The van der Waals surface area contributed by atoms with E-state index in [1.54, 1.807) is 24.7 Å². The Labute approximate surface area is 129 Å². The van der Waals surface area contributed by atoms with Crippen LogP contribution < -0.4 is 0 Å². The van der Waals surface area contributed by atoms with Crippen LogP contribution in [0.5, 0.6) is 0 Å². The van der Waals surface area contributed by atoms with Crippen LogP contribution in [0.2, 0.25) is 0 Å². The van der Waals surface area contributed by atoms with Crippen LogP contribution in [0.15, 0.2) is 45.6 Å². The number of rotatable bonds is 4. The molecule has 2 aromatic heterocycles. The second kappa shape index (κ2) is 5.95. The van der Waals surface area contributed by atoms with Gasteiger partial charge in [0.1, 0.15) is 23.1 Å². The third-order valence-corrected chi connectivity index (χ3v) is 4.79. The minimum atomic E-state index is -0.282. The van der Waals surface area contributed by atoms with E-state index in [1.807, 2.05) is 26.0 Å². The monoisotopic (exact) mass is 300 g/mol. The maximum absolute atomic E-state index is 12.6. The summed E-state index contributed by atoms with van der Waals surface area (Å²) in [6, 6.07) is 7.31. The molecule has 1 saturated carbocycles. The summed E-state index contributed by atoms with van der Waals surface area (Å²) in [7, 11) is 0. The molecule has 1 fully saturated rings. The van der Waals surface area contributed by atoms with E-state index in [9.17, 15) is 9.59 Å². The number of hydrogen-bond acceptors (Lipinski definition) is 4. The van der Waals surface area contributed by atoms with Crippen LogP contribution in [-0.4, -0.2) is 11.6 Å². The maximum Gasteiger partial charge on any atom is 0.137 e. The lowest BCUT2D eigenvalue weighted by Gasteiger charge is -2.38. The third-order valence-electron chi connectivity index (χ3n) is 4.79. The molecule has 4 heteroatoms. The highest BCUT2D eigenvalue weighted by Crippen LogP contribution is 2.48. The van der Waals surface area contributed by atoms with Gasteiger partial charge >= 0.3 is 0 Å². The predicted octanol–water partition coefficient (Wildman–Crippen LogP) is 3.94. The van der Waals surface area contributed by atoms with Crippen molar-refractivity contribution in [1.29, 1.82) is 0 Å². The Morgan fingerprint density at radius 2 is 1.82 bits per heavy atom. The molecule has 4 atom stereocenters. The average molecular weight is 300 g/mol. The van der Waals surface area contributed by atoms with Gasteiger partial charge in [0.05, 0.1) is 12.5 Å². The van der Waals surface area contributed by atoms with Gasteiger partial charge in [-0.05, 0) is 24.3 Å². The maximum atomic E-state index is 12.6. The van der Waals surface area contributed by atoms with Crippen molar-refractivity contribution in [3.8, 4) is 0 Å². The summed E-state index contributed by atoms with van der Waals surface area (Å²) in [6.07, 6.45) is 3.98. The van der Waals surface area contributed by atoms with Crippen molar-refractivity contribution in [2.45, 2.75) is 38.5 Å². The van der Waals surface area contributed by atoms with Crippen LogP contribution in [0.25, 0.3) is 0 Å². The molecule has 0 aliphatic heterocycles. The lowest BCUT2D eigenvalue weighted by Crippen LogP contribution is -2.40. The van der Waals surface area contributed by atoms with E-state index in [2.05, 4.69) is 0 Å². The molecule has 0 N–H and O–H groups in total. The van der Waals surface area contributed by atoms with Crippen LogP contribution in [0.4, 0.5) is 0 Å². The van der Waals surface area contributed by atoms with Crippen LogP contribution in [-0.2, 0) is 9.59 Å². The first-order valence-electron chi connectivity index (χ1n) is 7.75. The normalized spacial score (nSPS) is 28.7. The minimum Gasteiger partial charge on any atom is -0.469 e. The van der Waals surface area contributed by atoms with Gasteiger partial charge in [-0.25, -0.2) is 0 Å². The molecule has 0 amide bonds. The molecule has 116 valence electrons. The fourth-order valence-corrected chi connectivity index (χ4v) is 3.64. The molecule has 2 aromatic rings. The summed E-state index contributed by atoms with van der Waals surface area (Å²) in [4.78, 5) is 25.1. The van der Waals surface area contributed by atoms with Gasteiger partial charge in [-0.2, -0.15) is 0 Å². The number of hydrogen-bond donors (Lipinski definition) is 0. The number of ketones is 2. The van der Waals surface area contributed by atoms with Crippen molar-refractivity contribution >= 4 is 11.6 Å². The lowest BCUT2D eigenvalue weighted by atomic mass is 9.63. The summed E-state index contributed by atoms with van der Waals surface area (Å²) >= 11 is 0. The van der Waals surface area contributed by atoms with Crippen molar-refractivity contribution in [2.75, 3.05) is 0 Å². The number of carbonyl (C=O) groups excluding carboxylic acids is 2. The molecule has 0 radical (unpaired) electrons. The van der Waals surface area contributed by atoms with Gasteiger partial charge in [-0.1, -0.05) is 13.8 Å². The largest absolute Gasteiger partial charge is 0.469 e. The fourth-order valence-electron chi connectivity index (χ4n) is 3.64. The highest BCUT2D eigenvalue weighted by molar-refractivity contribution is 5.90. The van der Waals surface area contributed by atoms with E-state index in [4.69, 9.17) is 8.83 Å². The SMILES string of the molecule is CCC(=O)[C@H]1[C@H](c2ccco2)[C@@H](C)C(=O)C[C@H]1c1ccco1. The Morgan fingerprint density at radius 1 is 1.18 bits per heavy atom. The van der Waals surface area contributed by atoms with Crippen molar-refractivity contribution in [1.82, 2.24) is 0 Å². The highest BCUT2D eigenvalue weighted by Gasteiger charge is 2.48. The van der Waals surface area contributed by atoms with Gasteiger partial charge in [0, 0.05) is 36.5 Å². The van der Waals surface area contributed by atoms with Gasteiger partial charge in [0.15, 0.2) is 0 Å². The minimum absolute atomic E-state index is 0.155. The number of carbonyl (C=O) groups is 2. The molecule has 4 nitrogen and oxygen atoms in total. The lowest BCUT2D eigenvalue weighted by molar-refractivity contribution is -0.133. The molecular formula is C18H20O4. The van der Waals surface area contributed by atoms with E-state index in [0.717, 1.165) is 0 Å². The topological polar surface area (TPSA) is 60.4 Å². The molecule has 3 rings (SSSR count). The third kappa shape index (κ3) is 2.43.